The van der Waals surface area contributed by atoms with Crippen LogP contribution in [0.5, 0.6) is 0 Å². The number of carbonyl (C=O) groups excluding carboxylic acids is 1. The number of nitrogens with one attached hydrogen (secondary N) is 1. The van der Waals surface area contributed by atoms with Gasteiger partial charge in [-0.15, -0.1) is 0 Å². The minimum atomic E-state index is -0.389. The minimum absolute atomic E-state index is 0.0584. The van der Waals surface area contributed by atoms with Crippen molar-refractivity contribution in [1.29, 1.82) is 0 Å². The highest BCUT2D eigenvalue weighted by Gasteiger charge is 2.15. The van der Waals surface area contributed by atoms with Crippen molar-refractivity contribution in [2.24, 2.45) is 0 Å². The van der Waals surface area contributed by atoms with Crippen molar-refractivity contribution in [3.05, 3.63) is 71.3 Å². The molecule has 2 aromatic rings. The van der Waals surface area contributed by atoms with Crippen LogP contribution in [0.1, 0.15) is 42.4 Å². The lowest BCUT2D eigenvalue weighted by Crippen LogP contribution is -2.29. The van der Waals surface area contributed by atoms with Crippen LogP contribution in [0.2, 0.25) is 0 Å². The summed E-state index contributed by atoms with van der Waals surface area (Å²) in [6.45, 7) is 4.40. The number of hydrogen-bond acceptors (Lipinski definition) is 2. The first-order valence-corrected chi connectivity index (χ1v) is 8.60. The van der Waals surface area contributed by atoms with Gasteiger partial charge in [0.15, 0.2) is 0 Å². The molecule has 0 saturated carbocycles. The standard InChI is InChI=1S/C21H27NO2/c1-16-7-6-8-18(13-16)11-12-21(24)22-15-20(14-17(2)23)19-9-4-3-5-10-19/h3-10,13,17,20,23H,11-12,14-15H2,1-2H3,(H,22,24). The molecule has 2 N–H and O–H groups in total. The predicted molar refractivity (Wildman–Crippen MR) is 98.0 cm³/mol. The maximum Gasteiger partial charge on any atom is 0.220 e. The van der Waals surface area contributed by atoms with Gasteiger partial charge >= 0.3 is 0 Å². The van der Waals surface area contributed by atoms with Crippen LogP contribution in [-0.2, 0) is 11.2 Å². The van der Waals surface area contributed by atoms with Crippen molar-refractivity contribution in [3.8, 4) is 0 Å². The molecule has 0 spiro atoms. The average Bonchev–Trinajstić information content (AvgIpc) is 2.57. The van der Waals surface area contributed by atoms with Gasteiger partial charge in [-0.25, -0.2) is 0 Å². The monoisotopic (exact) mass is 325 g/mol. The number of aliphatic hydroxyl groups is 1. The van der Waals surface area contributed by atoms with Crippen molar-refractivity contribution in [3.63, 3.8) is 0 Å². The van der Waals surface area contributed by atoms with Crippen LogP contribution in [0.25, 0.3) is 0 Å². The Balaban J connectivity index is 1.85. The maximum atomic E-state index is 12.1. The molecule has 1 amide bonds. The molecule has 0 heterocycles. The second-order valence-electron chi connectivity index (χ2n) is 6.49. The van der Waals surface area contributed by atoms with E-state index in [1.165, 1.54) is 11.1 Å². The summed E-state index contributed by atoms with van der Waals surface area (Å²) < 4.78 is 0. The molecule has 2 unspecified atom stereocenters. The van der Waals surface area contributed by atoms with Gasteiger partial charge in [-0.3, -0.25) is 4.79 Å². The van der Waals surface area contributed by atoms with Crippen molar-refractivity contribution >= 4 is 5.91 Å². The minimum Gasteiger partial charge on any atom is -0.393 e. The molecular formula is C21H27NO2. The molecule has 0 aliphatic heterocycles. The first kappa shape index (κ1) is 18.2. The fourth-order valence-electron chi connectivity index (χ4n) is 2.93. The van der Waals surface area contributed by atoms with Crippen LogP contribution in [0.4, 0.5) is 0 Å². The summed E-state index contributed by atoms with van der Waals surface area (Å²) in [4.78, 5) is 12.1. The van der Waals surface area contributed by atoms with Gasteiger partial charge in [-0.2, -0.15) is 0 Å². The van der Waals surface area contributed by atoms with E-state index in [2.05, 4.69) is 30.4 Å². The SMILES string of the molecule is Cc1cccc(CCC(=O)NCC(CC(C)O)c2ccccc2)c1. The zero-order valence-corrected chi connectivity index (χ0v) is 14.5. The molecule has 2 aromatic carbocycles. The topological polar surface area (TPSA) is 49.3 Å². The molecule has 128 valence electrons. The van der Waals surface area contributed by atoms with Crippen LogP contribution < -0.4 is 5.32 Å². The summed E-state index contributed by atoms with van der Waals surface area (Å²) in [6.07, 6.45) is 1.49. The molecule has 0 aliphatic carbocycles. The molecule has 0 saturated heterocycles. The Bertz CT molecular complexity index is 637. The lowest BCUT2D eigenvalue weighted by Gasteiger charge is -2.19. The van der Waals surface area contributed by atoms with Gasteiger partial charge < -0.3 is 10.4 Å². The van der Waals surface area contributed by atoms with Crippen LogP contribution >= 0.6 is 0 Å². The van der Waals surface area contributed by atoms with Crippen LogP contribution in [0.15, 0.2) is 54.6 Å². The molecule has 0 aliphatic rings. The maximum absolute atomic E-state index is 12.1. The van der Waals surface area contributed by atoms with Gasteiger partial charge in [0.05, 0.1) is 6.10 Å². The zero-order valence-electron chi connectivity index (χ0n) is 14.5. The molecular weight excluding hydrogens is 298 g/mol. The summed E-state index contributed by atoms with van der Waals surface area (Å²) in [5.74, 6) is 0.192. The number of amides is 1. The van der Waals surface area contributed by atoms with Crippen LogP contribution in [-0.4, -0.2) is 23.7 Å². The van der Waals surface area contributed by atoms with Crippen molar-refractivity contribution in [2.75, 3.05) is 6.54 Å². The summed E-state index contributed by atoms with van der Waals surface area (Å²) in [6, 6.07) is 18.3. The van der Waals surface area contributed by atoms with Gasteiger partial charge in [-0.1, -0.05) is 60.2 Å². The third kappa shape index (κ3) is 6.17. The Morgan fingerprint density at radius 3 is 2.54 bits per heavy atom. The predicted octanol–water partition coefficient (Wildman–Crippen LogP) is 3.60. The quantitative estimate of drug-likeness (QED) is 0.779. The number of benzene rings is 2. The van der Waals surface area contributed by atoms with E-state index in [0.29, 0.717) is 19.4 Å². The van der Waals surface area contributed by atoms with Crippen LogP contribution in [0.3, 0.4) is 0 Å². The molecule has 3 nitrogen and oxygen atoms in total. The third-order valence-electron chi connectivity index (χ3n) is 4.17. The molecule has 0 fully saturated rings. The fourth-order valence-corrected chi connectivity index (χ4v) is 2.93. The summed E-state index contributed by atoms with van der Waals surface area (Å²) >= 11 is 0. The van der Waals surface area contributed by atoms with E-state index in [-0.39, 0.29) is 17.9 Å². The van der Waals surface area contributed by atoms with E-state index in [1.807, 2.05) is 36.4 Å². The second-order valence-corrected chi connectivity index (χ2v) is 6.49. The van der Waals surface area contributed by atoms with Crippen molar-refractivity contribution < 1.29 is 9.90 Å². The van der Waals surface area contributed by atoms with Gasteiger partial charge in [-0.05, 0) is 37.8 Å². The molecule has 24 heavy (non-hydrogen) atoms. The van der Waals surface area contributed by atoms with E-state index in [4.69, 9.17) is 0 Å². The lowest BCUT2D eigenvalue weighted by atomic mass is 9.93. The van der Waals surface area contributed by atoms with Gasteiger partial charge in [0.25, 0.3) is 0 Å². The molecule has 2 rings (SSSR count). The highest BCUT2D eigenvalue weighted by Crippen LogP contribution is 2.20. The molecule has 3 heteroatoms. The number of carbonyl (C=O) groups is 1. The number of aliphatic hydroxyl groups excluding tert-OH is 1. The smallest absolute Gasteiger partial charge is 0.220 e. The Morgan fingerprint density at radius 2 is 1.88 bits per heavy atom. The number of aryl methyl sites for hydroxylation is 2. The summed E-state index contributed by atoms with van der Waals surface area (Å²) in [5, 5.41) is 12.7. The Labute approximate surface area is 144 Å². The molecule has 0 radical (unpaired) electrons. The van der Waals surface area contributed by atoms with E-state index in [9.17, 15) is 9.90 Å². The number of hydrogen-bond donors (Lipinski definition) is 2. The normalized spacial score (nSPS) is 13.3. The van der Waals surface area contributed by atoms with Gasteiger partial charge in [0.1, 0.15) is 0 Å². The molecule has 0 bridgehead atoms. The highest BCUT2D eigenvalue weighted by atomic mass is 16.3. The van der Waals surface area contributed by atoms with Crippen molar-refractivity contribution in [2.45, 2.75) is 45.1 Å². The van der Waals surface area contributed by atoms with E-state index < -0.39 is 0 Å². The van der Waals surface area contributed by atoms with Gasteiger partial charge in [0, 0.05) is 18.9 Å². The molecule has 2 atom stereocenters. The van der Waals surface area contributed by atoms with E-state index in [1.54, 1.807) is 6.92 Å². The van der Waals surface area contributed by atoms with Gasteiger partial charge in [0.2, 0.25) is 5.91 Å². The largest absolute Gasteiger partial charge is 0.393 e. The second kappa shape index (κ2) is 9.24. The zero-order chi connectivity index (χ0) is 17.4. The average molecular weight is 325 g/mol. The first-order chi connectivity index (χ1) is 11.5. The Hall–Kier alpha value is -2.13. The van der Waals surface area contributed by atoms with E-state index >= 15 is 0 Å². The fraction of sp³-hybridized carbons (Fsp3) is 0.381. The Kier molecular flexibility index (Phi) is 7.01. The Morgan fingerprint density at radius 1 is 1.12 bits per heavy atom. The van der Waals surface area contributed by atoms with Crippen LogP contribution in [0, 0.1) is 6.92 Å². The first-order valence-electron chi connectivity index (χ1n) is 8.60. The third-order valence-corrected chi connectivity index (χ3v) is 4.17. The molecule has 0 aromatic heterocycles. The summed E-state index contributed by atoms with van der Waals surface area (Å²) in [7, 11) is 0. The van der Waals surface area contributed by atoms with E-state index in [0.717, 1.165) is 12.0 Å². The lowest BCUT2D eigenvalue weighted by molar-refractivity contribution is -0.121. The van der Waals surface area contributed by atoms with Crippen molar-refractivity contribution in [1.82, 2.24) is 5.32 Å². The summed E-state index contributed by atoms with van der Waals surface area (Å²) in [5.41, 5.74) is 3.56. The number of rotatable bonds is 8. The highest BCUT2D eigenvalue weighted by molar-refractivity contribution is 5.76.